The molecule has 1 heteroatoms. The standard InChI is InChI=1S/C18H21N/c19-18(13-10-14-6-2-1-3-7-14)17-12-11-15-8-4-5-9-16(15)17/h1-9,17-18H,10-13,19H2. The van der Waals surface area contributed by atoms with E-state index in [9.17, 15) is 0 Å². The fraction of sp³-hybridized carbons (Fsp3) is 0.333. The molecular formula is C18H21N. The minimum atomic E-state index is 0.281. The van der Waals surface area contributed by atoms with Gasteiger partial charge in [0.15, 0.2) is 0 Å². The summed E-state index contributed by atoms with van der Waals surface area (Å²) in [5.74, 6) is 0.555. The number of fused-ring (bicyclic) bond motifs is 1. The molecule has 0 bridgehead atoms. The monoisotopic (exact) mass is 251 g/mol. The Morgan fingerprint density at radius 1 is 1.00 bits per heavy atom. The van der Waals surface area contributed by atoms with Crippen molar-refractivity contribution in [3.63, 3.8) is 0 Å². The Kier molecular flexibility index (Phi) is 3.65. The number of hydrogen-bond donors (Lipinski definition) is 1. The second-order valence-corrected chi connectivity index (χ2v) is 5.53. The van der Waals surface area contributed by atoms with Crippen LogP contribution in [0.4, 0.5) is 0 Å². The summed E-state index contributed by atoms with van der Waals surface area (Å²) in [6.07, 6.45) is 4.57. The van der Waals surface area contributed by atoms with Gasteiger partial charge in [-0.3, -0.25) is 0 Å². The smallest absolute Gasteiger partial charge is 0.0111 e. The Labute approximate surface area is 115 Å². The molecule has 2 aromatic carbocycles. The van der Waals surface area contributed by atoms with E-state index in [2.05, 4.69) is 54.6 Å². The molecule has 0 aliphatic heterocycles. The van der Waals surface area contributed by atoms with Gasteiger partial charge in [0.25, 0.3) is 0 Å². The molecule has 0 radical (unpaired) electrons. The number of nitrogens with two attached hydrogens (primary N) is 1. The molecule has 0 heterocycles. The molecule has 19 heavy (non-hydrogen) atoms. The average molecular weight is 251 g/mol. The Morgan fingerprint density at radius 3 is 2.58 bits per heavy atom. The fourth-order valence-corrected chi connectivity index (χ4v) is 3.21. The van der Waals surface area contributed by atoms with E-state index in [4.69, 9.17) is 5.73 Å². The summed E-state index contributed by atoms with van der Waals surface area (Å²) in [5, 5.41) is 0. The molecule has 2 N–H and O–H groups in total. The highest BCUT2D eigenvalue weighted by atomic mass is 14.7. The molecule has 0 fully saturated rings. The van der Waals surface area contributed by atoms with Crippen LogP contribution < -0.4 is 5.73 Å². The van der Waals surface area contributed by atoms with Gasteiger partial charge in [0.05, 0.1) is 0 Å². The molecular weight excluding hydrogens is 230 g/mol. The Bertz CT molecular complexity index is 532. The highest BCUT2D eigenvalue weighted by Crippen LogP contribution is 2.35. The summed E-state index contributed by atoms with van der Waals surface area (Å²) in [5.41, 5.74) is 10.8. The van der Waals surface area contributed by atoms with Crippen LogP contribution in [-0.4, -0.2) is 6.04 Å². The second kappa shape index (κ2) is 5.58. The maximum atomic E-state index is 6.44. The maximum Gasteiger partial charge on any atom is 0.0111 e. The van der Waals surface area contributed by atoms with Gasteiger partial charge in [-0.1, -0.05) is 54.6 Å². The van der Waals surface area contributed by atoms with Gasteiger partial charge in [-0.2, -0.15) is 0 Å². The first-order chi connectivity index (χ1) is 9.34. The van der Waals surface area contributed by atoms with Gasteiger partial charge in [0, 0.05) is 6.04 Å². The van der Waals surface area contributed by atoms with E-state index in [1.54, 1.807) is 0 Å². The van der Waals surface area contributed by atoms with Gasteiger partial charge in [0.2, 0.25) is 0 Å². The zero-order valence-corrected chi connectivity index (χ0v) is 11.3. The Balaban J connectivity index is 1.64. The summed E-state index contributed by atoms with van der Waals surface area (Å²) in [7, 11) is 0. The first-order valence-electron chi connectivity index (χ1n) is 7.22. The van der Waals surface area contributed by atoms with Crippen molar-refractivity contribution < 1.29 is 0 Å². The molecule has 1 aliphatic rings. The molecule has 0 aromatic heterocycles. The van der Waals surface area contributed by atoms with E-state index in [-0.39, 0.29) is 6.04 Å². The van der Waals surface area contributed by atoms with Gasteiger partial charge in [-0.05, 0) is 48.3 Å². The first kappa shape index (κ1) is 12.4. The predicted octanol–water partition coefficient (Wildman–Crippen LogP) is 3.68. The van der Waals surface area contributed by atoms with Gasteiger partial charge in [0.1, 0.15) is 0 Å². The fourth-order valence-electron chi connectivity index (χ4n) is 3.21. The van der Waals surface area contributed by atoms with Crippen LogP contribution in [0.3, 0.4) is 0 Å². The van der Waals surface area contributed by atoms with Crippen LogP contribution in [0.25, 0.3) is 0 Å². The molecule has 0 saturated carbocycles. The quantitative estimate of drug-likeness (QED) is 0.881. The van der Waals surface area contributed by atoms with Crippen molar-refractivity contribution in [3.05, 3.63) is 71.3 Å². The first-order valence-corrected chi connectivity index (χ1v) is 7.22. The van der Waals surface area contributed by atoms with E-state index in [1.807, 2.05) is 0 Å². The number of aryl methyl sites for hydroxylation is 2. The van der Waals surface area contributed by atoms with Crippen molar-refractivity contribution in [3.8, 4) is 0 Å². The van der Waals surface area contributed by atoms with E-state index in [1.165, 1.54) is 29.5 Å². The minimum Gasteiger partial charge on any atom is -0.327 e. The van der Waals surface area contributed by atoms with E-state index in [0.717, 1.165) is 12.8 Å². The normalized spacial score (nSPS) is 19.1. The summed E-state index contributed by atoms with van der Waals surface area (Å²) in [6, 6.07) is 19.7. The lowest BCUT2D eigenvalue weighted by atomic mass is 9.90. The zero-order valence-electron chi connectivity index (χ0n) is 11.3. The summed E-state index contributed by atoms with van der Waals surface area (Å²) in [4.78, 5) is 0. The van der Waals surface area contributed by atoms with Crippen molar-refractivity contribution in [1.29, 1.82) is 0 Å². The van der Waals surface area contributed by atoms with Crippen LogP contribution in [0.5, 0.6) is 0 Å². The van der Waals surface area contributed by atoms with Gasteiger partial charge in [-0.15, -0.1) is 0 Å². The van der Waals surface area contributed by atoms with Gasteiger partial charge >= 0.3 is 0 Å². The molecule has 2 unspecified atom stereocenters. The SMILES string of the molecule is NC(CCc1ccccc1)C1CCc2ccccc21. The van der Waals surface area contributed by atoms with Crippen molar-refractivity contribution in [2.24, 2.45) is 5.73 Å². The van der Waals surface area contributed by atoms with Crippen LogP contribution in [-0.2, 0) is 12.8 Å². The molecule has 98 valence electrons. The largest absolute Gasteiger partial charge is 0.327 e. The molecule has 2 atom stereocenters. The van der Waals surface area contributed by atoms with E-state index < -0.39 is 0 Å². The van der Waals surface area contributed by atoms with Crippen LogP contribution in [0, 0.1) is 0 Å². The lowest BCUT2D eigenvalue weighted by Gasteiger charge is -2.20. The summed E-state index contributed by atoms with van der Waals surface area (Å²) < 4.78 is 0. The number of hydrogen-bond acceptors (Lipinski definition) is 1. The van der Waals surface area contributed by atoms with Crippen molar-refractivity contribution in [2.45, 2.75) is 37.6 Å². The third kappa shape index (κ3) is 2.71. The third-order valence-corrected chi connectivity index (χ3v) is 4.31. The molecule has 2 aromatic rings. The van der Waals surface area contributed by atoms with Gasteiger partial charge in [-0.25, -0.2) is 0 Å². The van der Waals surface area contributed by atoms with Crippen LogP contribution in [0.1, 0.15) is 35.4 Å². The maximum absolute atomic E-state index is 6.44. The topological polar surface area (TPSA) is 26.0 Å². The second-order valence-electron chi connectivity index (χ2n) is 5.53. The zero-order chi connectivity index (χ0) is 13.1. The molecule has 0 saturated heterocycles. The molecule has 1 nitrogen and oxygen atoms in total. The lowest BCUT2D eigenvalue weighted by molar-refractivity contribution is 0.497. The van der Waals surface area contributed by atoms with E-state index in [0.29, 0.717) is 5.92 Å². The van der Waals surface area contributed by atoms with E-state index >= 15 is 0 Å². The van der Waals surface area contributed by atoms with Gasteiger partial charge < -0.3 is 5.73 Å². The molecule has 0 amide bonds. The third-order valence-electron chi connectivity index (χ3n) is 4.31. The van der Waals surface area contributed by atoms with Crippen LogP contribution >= 0.6 is 0 Å². The molecule has 1 aliphatic carbocycles. The van der Waals surface area contributed by atoms with Crippen molar-refractivity contribution in [1.82, 2.24) is 0 Å². The van der Waals surface area contributed by atoms with Crippen molar-refractivity contribution in [2.75, 3.05) is 0 Å². The minimum absolute atomic E-state index is 0.281. The molecule has 3 rings (SSSR count). The summed E-state index contributed by atoms with van der Waals surface area (Å²) >= 11 is 0. The van der Waals surface area contributed by atoms with Crippen LogP contribution in [0.2, 0.25) is 0 Å². The van der Waals surface area contributed by atoms with Crippen molar-refractivity contribution >= 4 is 0 Å². The Morgan fingerprint density at radius 2 is 1.74 bits per heavy atom. The highest BCUT2D eigenvalue weighted by molar-refractivity contribution is 5.36. The van der Waals surface area contributed by atoms with Crippen LogP contribution in [0.15, 0.2) is 54.6 Å². The number of rotatable bonds is 4. The molecule has 0 spiro atoms. The Hall–Kier alpha value is -1.60. The highest BCUT2D eigenvalue weighted by Gasteiger charge is 2.26. The average Bonchev–Trinajstić information content (AvgIpc) is 2.90. The predicted molar refractivity (Wildman–Crippen MR) is 80.2 cm³/mol. The summed E-state index contributed by atoms with van der Waals surface area (Å²) in [6.45, 7) is 0. The lowest BCUT2D eigenvalue weighted by Crippen LogP contribution is -2.27. The number of benzene rings is 2.